The van der Waals surface area contributed by atoms with Crippen LogP contribution in [0, 0.1) is 11.8 Å². The van der Waals surface area contributed by atoms with Crippen LogP contribution in [0.2, 0.25) is 0 Å². The van der Waals surface area contributed by atoms with Crippen molar-refractivity contribution in [3.8, 4) is 11.8 Å². The maximum absolute atomic E-state index is 12.0. The monoisotopic (exact) mass is 322 g/mol. The Morgan fingerprint density at radius 1 is 1.29 bits per heavy atom. The number of nitrogens with zero attached hydrogens (tertiary/aromatic N) is 1. The van der Waals surface area contributed by atoms with Gasteiger partial charge in [-0.2, -0.15) is 0 Å². The van der Waals surface area contributed by atoms with Crippen molar-refractivity contribution in [2.75, 3.05) is 6.54 Å². The lowest BCUT2D eigenvalue weighted by Gasteiger charge is -2.23. The predicted octanol–water partition coefficient (Wildman–Crippen LogP) is 1.26. The van der Waals surface area contributed by atoms with Crippen LogP contribution in [-0.2, 0) is 9.59 Å². The molecular weight excluding hydrogens is 304 g/mol. The lowest BCUT2D eigenvalue weighted by Crippen LogP contribution is -2.39. The SMILES string of the molecule is O=C1CCC(c2cccc(C#CCN3C=CC=CC3O)c2)C(=O)N1. The number of benzene rings is 1. The molecule has 2 aliphatic rings. The third-order valence-electron chi connectivity index (χ3n) is 4.03. The molecule has 2 amide bonds. The van der Waals surface area contributed by atoms with E-state index in [9.17, 15) is 14.7 Å². The van der Waals surface area contributed by atoms with E-state index >= 15 is 0 Å². The van der Waals surface area contributed by atoms with E-state index in [-0.39, 0.29) is 17.7 Å². The quantitative estimate of drug-likeness (QED) is 0.635. The maximum atomic E-state index is 12.0. The molecule has 1 aromatic rings. The molecule has 0 radical (unpaired) electrons. The molecule has 0 bridgehead atoms. The van der Waals surface area contributed by atoms with Crippen molar-refractivity contribution < 1.29 is 14.7 Å². The Bertz CT molecular complexity index is 770. The number of aliphatic hydroxyl groups excluding tert-OH is 1. The number of hydrogen-bond acceptors (Lipinski definition) is 4. The number of amides is 2. The van der Waals surface area contributed by atoms with E-state index in [4.69, 9.17) is 0 Å². The first-order valence-corrected chi connectivity index (χ1v) is 7.85. The van der Waals surface area contributed by atoms with Crippen LogP contribution in [0.4, 0.5) is 0 Å². The van der Waals surface area contributed by atoms with Gasteiger partial charge in [-0.3, -0.25) is 14.9 Å². The molecule has 122 valence electrons. The highest BCUT2D eigenvalue weighted by atomic mass is 16.3. The standard InChI is InChI=1S/C19H18N2O3/c22-17-10-9-16(19(24)20-17)15-7-3-5-14(13-15)6-4-12-21-11-2-1-8-18(21)23/h1-3,5,7-8,11,13,16,18,23H,9-10,12H2,(H,20,22,24). The number of rotatable bonds is 2. The number of aliphatic hydroxyl groups is 1. The number of allylic oxidation sites excluding steroid dienone is 2. The van der Waals surface area contributed by atoms with Crippen molar-refractivity contribution in [2.45, 2.75) is 25.0 Å². The molecule has 0 saturated carbocycles. The van der Waals surface area contributed by atoms with E-state index in [1.165, 1.54) is 0 Å². The molecular formula is C19H18N2O3. The molecule has 3 rings (SSSR count). The van der Waals surface area contributed by atoms with Gasteiger partial charge in [-0.15, -0.1) is 0 Å². The van der Waals surface area contributed by atoms with Crippen LogP contribution in [0.15, 0.2) is 48.7 Å². The van der Waals surface area contributed by atoms with Crippen LogP contribution >= 0.6 is 0 Å². The second-order valence-corrected chi connectivity index (χ2v) is 5.74. The molecule has 0 aromatic heterocycles. The Morgan fingerprint density at radius 3 is 2.96 bits per heavy atom. The van der Waals surface area contributed by atoms with Crippen molar-refractivity contribution in [3.05, 3.63) is 59.8 Å². The summed E-state index contributed by atoms with van der Waals surface area (Å²) in [5, 5.41) is 12.2. The van der Waals surface area contributed by atoms with Gasteiger partial charge in [-0.05, 0) is 36.3 Å². The summed E-state index contributed by atoms with van der Waals surface area (Å²) in [5.41, 5.74) is 1.68. The van der Waals surface area contributed by atoms with Crippen molar-refractivity contribution in [1.82, 2.24) is 10.2 Å². The zero-order chi connectivity index (χ0) is 16.9. The second kappa shape index (κ2) is 7.16. The van der Waals surface area contributed by atoms with E-state index in [0.717, 1.165) is 11.1 Å². The van der Waals surface area contributed by atoms with Gasteiger partial charge in [0.2, 0.25) is 11.8 Å². The molecule has 0 aliphatic carbocycles. The van der Waals surface area contributed by atoms with Gasteiger partial charge < -0.3 is 10.0 Å². The van der Waals surface area contributed by atoms with Crippen LogP contribution < -0.4 is 5.32 Å². The summed E-state index contributed by atoms with van der Waals surface area (Å²) in [4.78, 5) is 24.9. The maximum Gasteiger partial charge on any atom is 0.234 e. The minimum Gasteiger partial charge on any atom is -0.370 e. The Hall–Kier alpha value is -2.84. The number of nitrogens with one attached hydrogen (secondary N) is 1. The fraction of sp³-hybridized carbons (Fsp3) is 0.263. The van der Waals surface area contributed by atoms with Gasteiger partial charge in [0.25, 0.3) is 0 Å². The fourth-order valence-corrected chi connectivity index (χ4v) is 2.75. The Labute approximate surface area is 140 Å². The van der Waals surface area contributed by atoms with Crippen molar-refractivity contribution in [2.24, 2.45) is 0 Å². The molecule has 2 atom stereocenters. The molecule has 5 heteroatoms. The zero-order valence-corrected chi connectivity index (χ0v) is 13.1. The third-order valence-corrected chi connectivity index (χ3v) is 4.03. The summed E-state index contributed by atoms with van der Waals surface area (Å²) < 4.78 is 0. The molecule has 5 nitrogen and oxygen atoms in total. The van der Waals surface area contributed by atoms with E-state index in [1.54, 1.807) is 23.3 Å². The average molecular weight is 322 g/mol. The lowest BCUT2D eigenvalue weighted by molar-refractivity contribution is -0.134. The molecule has 1 saturated heterocycles. The number of piperidine rings is 1. The summed E-state index contributed by atoms with van der Waals surface area (Å²) in [7, 11) is 0. The molecule has 0 spiro atoms. The third kappa shape index (κ3) is 3.73. The smallest absolute Gasteiger partial charge is 0.234 e. The topological polar surface area (TPSA) is 69.6 Å². The van der Waals surface area contributed by atoms with Crippen molar-refractivity contribution in [3.63, 3.8) is 0 Å². The van der Waals surface area contributed by atoms with Gasteiger partial charge in [0, 0.05) is 18.2 Å². The highest BCUT2D eigenvalue weighted by molar-refractivity contribution is 6.00. The average Bonchev–Trinajstić information content (AvgIpc) is 2.57. The summed E-state index contributed by atoms with van der Waals surface area (Å²) >= 11 is 0. The minimum atomic E-state index is -0.654. The summed E-state index contributed by atoms with van der Waals surface area (Å²) in [5.74, 6) is 5.32. The van der Waals surface area contributed by atoms with Crippen LogP contribution in [0.3, 0.4) is 0 Å². The Balaban J connectivity index is 1.69. The highest BCUT2D eigenvalue weighted by Crippen LogP contribution is 2.25. The Morgan fingerprint density at radius 2 is 2.17 bits per heavy atom. The summed E-state index contributed by atoms with van der Waals surface area (Å²) in [6.07, 6.45) is 7.34. The predicted molar refractivity (Wildman–Crippen MR) is 89.4 cm³/mol. The van der Waals surface area contributed by atoms with Crippen molar-refractivity contribution in [1.29, 1.82) is 0 Å². The van der Waals surface area contributed by atoms with Crippen LogP contribution in [0.5, 0.6) is 0 Å². The van der Waals surface area contributed by atoms with E-state index in [2.05, 4.69) is 17.2 Å². The molecule has 1 aromatic carbocycles. The molecule has 2 unspecified atom stereocenters. The number of imide groups is 1. The molecule has 2 aliphatic heterocycles. The van der Waals surface area contributed by atoms with Gasteiger partial charge in [-0.1, -0.05) is 30.0 Å². The molecule has 2 heterocycles. The van der Waals surface area contributed by atoms with Crippen molar-refractivity contribution >= 4 is 11.8 Å². The number of carbonyl (C=O) groups excluding carboxylic acids is 2. The highest BCUT2D eigenvalue weighted by Gasteiger charge is 2.27. The van der Waals surface area contributed by atoms with Gasteiger partial charge in [0.05, 0.1) is 12.5 Å². The molecule has 1 fully saturated rings. The first kappa shape index (κ1) is 16.0. The van der Waals surface area contributed by atoms with Gasteiger partial charge >= 0.3 is 0 Å². The number of carbonyl (C=O) groups is 2. The van der Waals surface area contributed by atoms with E-state index in [1.807, 2.05) is 30.3 Å². The largest absolute Gasteiger partial charge is 0.370 e. The zero-order valence-electron chi connectivity index (χ0n) is 13.1. The van der Waals surface area contributed by atoms with E-state index in [0.29, 0.717) is 19.4 Å². The van der Waals surface area contributed by atoms with Gasteiger partial charge in [0.15, 0.2) is 0 Å². The van der Waals surface area contributed by atoms with Gasteiger partial charge in [0.1, 0.15) is 6.23 Å². The lowest BCUT2D eigenvalue weighted by atomic mass is 9.90. The van der Waals surface area contributed by atoms with Crippen LogP contribution in [0.25, 0.3) is 0 Å². The van der Waals surface area contributed by atoms with Crippen LogP contribution in [0.1, 0.15) is 29.9 Å². The first-order valence-electron chi connectivity index (χ1n) is 7.85. The second-order valence-electron chi connectivity index (χ2n) is 5.74. The van der Waals surface area contributed by atoms with Gasteiger partial charge in [-0.25, -0.2) is 0 Å². The normalized spacial score (nSPS) is 22.8. The molecule has 24 heavy (non-hydrogen) atoms. The van der Waals surface area contributed by atoms with Crippen LogP contribution in [-0.4, -0.2) is 34.6 Å². The fourth-order valence-electron chi connectivity index (χ4n) is 2.75. The summed E-state index contributed by atoms with van der Waals surface area (Å²) in [6.45, 7) is 0.407. The first-order chi connectivity index (χ1) is 11.6. The molecule has 2 N–H and O–H groups in total. The summed E-state index contributed by atoms with van der Waals surface area (Å²) in [6, 6.07) is 7.51. The Kier molecular flexibility index (Phi) is 4.78. The minimum absolute atomic E-state index is 0.214. The number of hydrogen-bond donors (Lipinski definition) is 2. The van der Waals surface area contributed by atoms with E-state index < -0.39 is 6.23 Å².